The number of aromatic nitrogens is 9. The van der Waals surface area contributed by atoms with Crippen LogP contribution >= 0.6 is 0 Å². The Kier molecular flexibility index (Phi) is 12.5. The maximum atomic E-state index is 14.7. The van der Waals surface area contributed by atoms with Gasteiger partial charge in [0.1, 0.15) is 16.8 Å². The number of piperidine rings is 2. The minimum absolute atomic E-state index is 0.308. The van der Waals surface area contributed by atoms with E-state index in [4.69, 9.17) is 25.0 Å². The smallest absolute Gasteiger partial charge is 0.259 e. The lowest BCUT2D eigenvalue weighted by molar-refractivity contribution is 0.101. The normalized spacial score (nSPS) is 14.9. The predicted molar refractivity (Wildman–Crippen MR) is 282 cm³/mol. The largest absolute Gasteiger partial charge is 0.453 e. The molecule has 9 aromatic rings. The van der Waals surface area contributed by atoms with E-state index in [2.05, 4.69) is 62.2 Å². The average Bonchev–Trinajstić information content (AvgIpc) is 4.16. The zero-order chi connectivity index (χ0) is 49.6. The summed E-state index contributed by atoms with van der Waals surface area (Å²) in [4.78, 5) is 43.5. The number of hydrogen-bond donors (Lipinski definition) is 4. The number of nitrogens with one attached hydrogen (secondary N) is 4. The van der Waals surface area contributed by atoms with Gasteiger partial charge in [0.25, 0.3) is 11.8 Å². The summed E-state index contributed by atoms with van der Waals surface area (Å²) in [5, 5.41) is 30.2. The molecular formula is C54H61N15O3. The zero-order valence-corrected chi connectivity index (χ0v) is 41.7. The summed E-state index contributed by atoms with van der Waals surface area (Å²) in [6.45, 7) is 15.7. The molecule has 72 heavy (non-hydrogen) atoms. The van der Waals surface area contributed by atoms with E-state index in [-0.39, 0.29) is 11.8 Å². The number of rotatable bonds is 14. The molecule has 3 aromatic carbocycles. The average molecular weight is 968 g/mol. The maximum Gasteiger partial charge on any atom is 0.259 e. The van der Waals surface area contributed by atoms with Crippen LogP contribution < -0.4 is 35.8 Å². The van der Waals surface area contributed by atoms with Crippen molar-refractivity contribution in [3.8, 4) is 11.5 Å². The van der Waals surface area contributed by atoms with Crippen molar-refractivity contribution < 1.29 is 14.3 Å². The zero-order valence-electron chi connectivity index (χ0n) is 41.7. The molecule has 2 aliphatic heterocycles. The number of ether oxygens (including phenoxy) is 1. The Balaban J connectivity index is 0.995. The van der Waals surface area contributed by atoms with E-state index in [1.807, 2.05) is 116 Å². The van der Waals surface area contributed by atoms with Gasteiger partial charge in [0.15, 0.2) is 22.9 Å². The highest BCUT2D eigenvalue weighted by molar-refractivity contribution is 6.15. The Hall–Kier alpha value is -7.83. The lowest BCUT2D eigenvalue weighted by Crippen LogP contribution is -2.43. The second-order valence-electron chi connectivity index (χ2n) is 19.2. The first-order valence-electron chi connectivity index (χ1n) is 25.1. The molecule has 0 bridgehead atoms. The predicted octanol–water partition coefficient (Wildman–Crippen LogP) is 8.04. The molecule has 0 radical (unpaired) electrons. The van der Waals surface area contributed by atoms with Crippen molar-refractivity contribution in [2.75, 3.05) is 59.7 Å². The Morgan fingerprint density at radius 2 is 1.36 bits per heavy atom. The molecule has 4 N–H and O–H groups in total. The molecule has 0 saturated carbocycles. The fourth-order valence-electron chi connectivity index (χ4n) is 10.7. The fourth-order valence-corrected chi connectivity index (χ4v) is 10.7. The third-order valence-corrected chi connectivity index (χ3v) is 14.0. The molecule has 6 aromatic heterocycles. The van der Waals surface area contributed by atoms with Gasteiger partial charge in [0.2, 0.25) is 0 Å². The van der Waals surface area contributed by atoms with Gasteiger partial charge >= 0.3 is 0 Å². The first-order chi connectivity index (χ1) is 35.0. The molecule has 18 nitrogen and oxygen atoms in total. The third kappa shape index (κ3) is 9.18. The van der Waals surface area contributed by atoms with Crippen LogP contribution in [0.3, 0.4) is 0 Å². The highest BCUT2D eigenvalue weighted by atomic mass is 16.5. The molecule has 0 atom stereocenters. The topological polar surface area (TPSA) is 181 Å². The Morgan fingerprint density at radius 1 is 0.681 bits per heavy atom. The second-order valence-corrected chi connectivity index (χ2v) is 19.2. The fraction of sp³-hybridized carbons (Fsp3) is 0.352. The molecule has 2 aliphatic rings. The van der Waals surface area contributed by atoms with Gasteiger partial charge in [0.05, 0.1) is 46.6 Å². The van der Waals surface area contributed by atoms with Gasteiger partial charge in [-0.3, -0.25) is 19.0 Å². The van der Waals surface area contributed by atoms with Crippen molar-refractivity contribution in [1.82, 2.24) is 54.2 Å². The van der Waals surface area contributed by atoms with E-state index in [1.165, 1.54) is 0 Å². The quantitative estimate of drug-likeness (QED) is 0.0825. The first kappa shape index (κ1) is 46.5. The number of anilines is 4. The molecule has 2 amide bonds. The third-order valence-electron chi connectivity index (χ3n) is 14.0. The standard InChI is InChI=1S/C54H61N15O3/c1-7-55-37-16-20-65(21-17-37)45-15-14-41(53(70)59-39-26-46(72-40-12-10-9-11-13-40)52-58-34(4)27-67(52)30-39)48-43(45)32-68(63-48)29-36-25-42(54(71)60-47-24-33(3)51-57-35(5)28-69(51)61-47)49-44(31-64(6)62-49)50(36)66-22-18-38(19-23-66)56-8-2/h9-15,24-28,30-32,37-38,55-56H,7-8,16-23,29H2,1-6H3,(H,59,70)(H,60,61,71). The number of amides is 2. The first-order valence-corrected chi connectivity index (χ1v) is 25.1. The van der Waals surface area contributed by atoms with Crippen LogP contribution in [0, 0.1) is 20.8 Å². The van der Waals surface area contributed by atoms with E-state index < -0.39 is 0 Å². The summed E-state index contributed by atoms with van der Waals surface area (Å²) in [5.41, 5.74) is 9.48. The SMILES string of the molecule is CCNC1CCN(c2ccc(C(=O)Nc3cc(Oc4ccccc4)c4nc(C)cn4c3)c3nn(Cc4cc(C(=O)Nc5cc(C)c6nc(C)cn6n5)c5nn(C)cc5c4N4CCC(NCC)CC4)cc23)CC1. The van der Waals surface area contributed by atoms with Gasteiger partial charge in [0, 0.05) is 92.6 Å². The Morgan fingerprint density at radius 3 is 2.10 bits per heavy atom. The number of pyridine rings is 1. The molecule has 18 heteroatoms. The highest BCUT2D eigenvalue weighted by Crippen LogP contribution is 2.38. The summed E-state index contributed by atoms with van der Waals surface area (Å²) in [5.74, 6) is 0.951. The summed E-state index contributed by atoms with van der Waals surface area (Å²) >= 11 is 0. The summed E-state index contributed by atoms with van der Waals surface area (Å²) in [6.07, 6.45) is 13.6. The molecular weight excluding hydrogens is 907 g/mol. The number of imidazole rings is 2. The second kappa shape index (κ2) is 19.4. The van der Waals surface area contributed by atoms with E-state index >= 15 is 0 Å². The van der Waals surface area contributed by atoms with Gasteiger partial charge < -0.3 is 40.2 Å². The van der Waals surface area contributed by atoms with Gasteiger partial charge in [-0.05, 0) is 107 Å². The number of fused-ring (bicyclic) bond motifs is 4. The number of nitrogens with zero attached hydrogens (tertiary/aromatic N) is 11. The van der Waals surface area contributed by atoms with Crippen molar-refractivity contribution in [2.24, 2.45) is 7.05 Å². The number of para-hydroxylation sites is 1. The van der Waals surface area contributed by atoms with Gasteiger partial charge in [-0.25, -0.2) is 14.5 Å². The molecule has 0 spiro atoms. The minimum atomic E-state index is -0.324. The van der Waals surface area contributed by atoms with Crippen LogP contribution in [0.15, 0.2) is 91.6 Å². The van der Waals surface area contributed by atoms with Gasteiger partial charge in [-0.15, -0.1) is 5.10 Å². The van der Waals surface area contributed by atoms with E-state index in [9.17, 15) is 9.59 Å². The Labute approximate surface area is 417 Å². The summed E-state index contributed by atoms with van der Waals surface area (Å²) in [6, 6.07) is 20.0. The Bertz CT molecular complexity index is 3480. The van der Waals surface area contributed by atoms with Crippen LogP contribution in [-0.2, 0) is 13.6 Å². The van der Waals surface area contributed by atoms with Gasteiger partial charge in [-0.1, -0.05) is 32.0 Å². The van der Waals surface area contributed by atoms with E-state index in [0.717, 1.165) is 115 Å². The van der Waals surface area contributed by atoms with Crippen LogP contribution in [0.25, 0.3) is 33.1 Å². The molecule has 2 saturated heterocycles. The number of carbonyl (C=O) groups is 2. The van der Waals surface area contributed by atoms with Crippen molar-refractivity contribution >= 4 is 67.8 Å². The summed E-state index contributed by atoms with van der Waals surface area (Å²) in [7, 11) is 1.89. The van der Waals surface area contributed by atoms with E-state index in [1.54, 1.807) is 9.20 Å². The van der Waals surface area contributed by atoms with Crippen LogP contribution in [0.5, 0.6) is 11.5 Å². The van der Waals surface area contributed by atoms with Crippen LogP contribution in [0.1, 0.15) is 82.8 Å². The molecule has 8 heterocycles. The highest BCUT2D eigenvalue weighted by Gasteiger charge is 2.29. The monoisotopic (exact) mass is 968 g/mol. The molecule has 0 aliphatic carbocycles. The molecule has 11 rings (SSSR count). The number of benzene rings is 3. The van der Waals surface area contributed by atoms with Crippen molar-refractivity contribution in [2.45, 2.75) is 78.9 Å². The van der Waals surface area contributed by atoms with Gasteiger partial charge in [-0.2, -0.15) is 10.2 Å². The lowest BCUT2D eigenvalue weighted by atomic mass is 9.98. The number of hydrogen-bond acceptors (Lipinski definition) is 12. The van der Waals surface area contributed by atoms with Crippen molar-refractivity contribution in [3.05, 3.63) is 125 Å². The van der Waals surface area contributed by atoms with Crippen molar-refractivity contribution in [1.29, 1.82) is 0 Å². The molecule has 0 unspecified atom stereocenters. The number of aryl methyl sites for hydroxylation is 4. The van der Waals surface area contributed by atoms with Crippen LogP contribution in [0.2, 0.25) is 0 Å². The van der Waals surface area contributed by atoms with E-state index in [0.29, 0.717) is 69.4 Å². The van der Waals surface area contributed by atoms with Crippen molar-refractivity contribution in [3.63, 3.8) is 0 Å². The lowest BCUT2D eigenvalue weighted by Gasteiger charge is -2.35. The molecule has 2 fully saturated rings. The van der Waals surface area contributed by atoms with Crippen LogP contribution in [-0.4, -0.2) is 107 Å². The summed E-state index contributed by atoms with van der Waals surface area (Å²) < 4.78 is 13.6. The minimum Gasteiger partial charge on any atom is -0.453 e. The molecule has 370 valence electrons. The maximum absolute atomic E-state index is 14.7. The van der Waals surface area contributed by atoms with Crippen LogP contribution in [0.4, 0.5) is 22.9 Å². The number of carbonyl (C=O) groups excluding carboxylic acids is 2.